The Morgan fingerprint density at radius 2 is 2.11 bits per heavy atom. The van der Waals surface area contributed by atoms with Crippen LogP contribution in [-0.4, -0.2) is 37.2 Å². The van der Waals surface area contributed by atoms with Gasteiger partial charge in [-0.2, -0.15) is 8.78 Å². The summed E-state index contributed by atoms with van der Waals surface area (Å²) in [4.78, 5) is 14.2. The smallest absolute Gasteiger partial charge is 0.387 e. The Labute approximate surface area is 164 Å². The van der Waals surface area contributed by atoms with E-state index in [9.17, 15) is 13.6 Å². The number of rotatable bonds is 5. The van der Waals surface area contributed by atoms with Gasteiger partial charge in [-0.25, -0.2) is 4.79 Å². The fourth-order valence-electron chi connectivity index (χ4n) is 2.86. The van der Waals surface area contributed by atoms with Crippen LogP contribution < -0.4 is 10.1 Å². The largest absolute Gasteiger partial charge is 0.435 e. The number of carbonyl (C=O) groups is 1. The van der Waals surface area contributed by atoms with Crippen molar-refractivity contribution in [2.24, 2.45) is 0 Å². The molecule has 0 bridgehead atoms. The molecule has 5 nitrogen and oxygen atoms in total. The fraction of sp³-hybridized carbons (Fsp3) is 0.316. The summed E-state index contributed by atoms with van der Waals surface area (Å²) >= 11 is 3.44. The molecule has 2 aromatic rings. The number of halogens is 3. The summed E-state index contributed by atoms with van der Waals surface area (Å²) in [7, 11) is 0. The van der Waals surface area contributed by atoms with Crippen LogP contribution in [0.25, 0.3) is 0 Å². The summed E-state index contributed by atoms with van der Waals surface area (Å²) in [5.41, 5.74) is 1.68. The number of nitrogens with one attached hydrogen (secondary N) is 1. The normalized spacial score (nSPS) is 17.0. The first-order valence-electron chi connectivity index (χ1n) is 8.45. The molecule has 1 aliphatic rings. The molecule has 1 saturated heterocycles. The van der Waals surface area contributed by atoms with Crippen LogP contribution in [0.5, 0.6) is 5.75 Å². The number of alkyl halides is 2. The highest BCUT2D eigenvalue weighted by Crippen LogP contribution is 2.25. The molecule has 2 amide bonds. The van der Waals surface area contributed by atoms with Crippen LogP contribution in [-0.2, 0) is 11.3 Å². The van der Waals surface area contributed by atoms with Gasteiger partial charge in [-0.05, 0) is 35.4 Å². The molecule has 1 atom stereocenters. The molecule has 0 spiro atoms. The van der Waals surface area contributed by atoms with Crippen molar-refractivity contribution < 1.29 is 23.0 Å². The summed E-state index contributed by atoms with van der Waals surface area (Å²) < 4.78 is 35.7. The van der Waals surface area contributed by atoms with E-state index in [1.54, 1.807) is 17.0 Å². The van der Waals surface area contributed by atoms with Crippen LogP contribution >= 0.6 is 15.9 Å². The molecule has 0 radical (unpaired) electrons. The van der Waals surface area contributed by atoms with E-state index in [2.05, 4.69) is 26.0 Å². The van der Waals surface area contributed by atoms with Crippen molar-refractivity contribution in [2.45, 2.75) is 19.3 Å². The molecule has 0 saturated carbocycles. The Bertz CT molecular complexity index is 791. The van der Waals surface area contributed by atoms with Crippen LogP contribution in [0.1, 0.15) is 17.2 Å². The first-order valence-corrected chi connectivity index (χ1v) is 9.24. The van der Waals surface area contributed by atoms with Crippen LogP contribution in [0, 0.1) is 0 Å². The van der Waals surface area contributed by atoms with Crippen molar-refractivity contribution in [1.82, 2.24) is 10.2 Å². The average molecular weight is 441 g/mol. The van der Waals surface area contributed by atoms with E-state index in [0.717, 1.165) is 10.0 Å². The van der Waals surface area contributed by atoms with Crippen molar-refractivity contribution >= 4 is 22.0 Å². The number of urea groups is 1. The number of amides is 2. The second-order valence-corrected chi connectivity index (χ2v) is 6.96. The maximum atomic E-state index is 12.5. The highest BCUT2D eigenvalue weighted by atomic mass is 79.9. The van der Waals surface area contributed by atoms with Gasteiger partial charge in [-0.15, -0.1) is 0 Å². The minimum Gasteiger partial charge on any atom is -0.435 e. The Kier molecular flexibility index (Phi) is 6.63. The van der Waals surface area contributed by atoms with E-state index < -0.39 is 6.61 Å². The lowest BCUT2D eigenvalue weighted by Crippen LogP contribution is -2.46. The zero-order chi connectivity index (χ0) is 19.2. The van der Waals surface area contributed by atoms with Crippen LogP contribution in [0.3, 0.4) is 0 Å². The van der Waals surface area contributed by atoms with Crippen LogP contribution in [0.15, 0.2) is 53.0 Å². The molecule has 8 heteroatoms. The van der Waals surface area contributed by atoms with Crippen LogP contribution in [0.4, 0.5) is 13.6 Å². The highest BCUT2D eigenvalue weighted by molar-refractivity contribution is 9.10. The SMILES string of the molecule is O=C(NCc1cccc(OC(F)F)c1)N1CCOC(c2cccc(Br)c2)C1. The molecule has 0 aliphatic carbocycles. The Morgan fingerprint density at radius 3 is 2.89 bits per heavy atom. The molecular weight excluding hydrogens is 422 g/mol. The summed E-state index contributed by atoms with van der Waals surface area (Å²) in [6.45, 7) is -1.28. The number of hydrogen-bond acceptors (Lipinski definition) is 3. The van der Waals surface area contributed by atoms with Crippen molar-refractivity contribution in [3.05, 3.63) is 64.1 Å². The van der Waals surface area contributed by atoms with Gasteiger partial charge in [0.1, 0.15) is 11.9 Å². The third-order valence-corrected chi connectivity index (χ3v) is 4.63. The predicted molar refractivity (Wildman–Crippen MR) is 99.7 cm³/mol. The third kappa shape index (κ3) is 5.64. The number of carbonyl (C=O) groups excluding carboxylic acids is 1. The monoisotopic (exact) mass is 440 g/mol. The molecule has 144 valence electrons. The molecule has 3 rings (SSSR count). The van der Waals surface area contributed by atoms with E-state index in [4.69, 9.17) is 4.74 Å². The second kappa shape index (κ2) is 9.14. The Hall–Kier alpha value is -2.19. The lowest BCUT2D eigenvalue weighted by Gasteiger charge is -2.33. The van der Waals surface area contributed by atoms with Crippen molar-refractivity contribution in [3.63, 3.8) is 0 Å². The third-order valence-electron chi connectivity index (χ3n) is 4.14. The number of ether oxygens (including phenoxy) is 2. The molecule has 1 fully saturated rings. The maximum Gasteiger partial charge on any atom is 0.387 e. The Balaban J connectivity index is 1.56. The molecule has 2 aromatic carbocycles. The van der Waals surface area contributed by atoms with Gasteiger partial charge < -0.3 is 19.7 Å². The number of benzene rings is 2. The molecule has 1 N–H and O–H groups in total. The van der Waals surface area contributed by atoms with E-state index in [0.29, 0.717) is 25.3 Å². The molecule has 27 heavy (non-hydrogen) atoms. The standard InChI is InChI=1S/C19H19BrF2N2O3/c20-15-5-2-4-14(10-15)17-12-24(7-8-26-17)19(25)23-11-13-3-1-6-16(9-13)27-18(21)22/h1-6,9-10,17-18H,7-8,11-12H2,(H,23,25). The van der Waals surface area contributed by atoms with Gasteiger partial charge in [0, 0.05) is 17.6 Å². The van der Waals surface area contributed by atoms with E-state index >= 15 is 0 Å². The average Bonchev–Trinajstić information content (AvgIpc) is 2.66. The fourth-order valence-corrected chi connectivity index (χ4v) is 3.28. The Morgan fingerprint density at radius 1 is 1.30 bits per heavy atom. The lowest BCUT2D eigenvalue weighted by molar-refractivity contribution is -0.0498. The minimum atomic E-state index is -2.88. The zero-order valence-corrected chi connectivity index (χ0v) is 16.0. The molecular formula is C19H19BrF2N2O3. The van der Waals surface area contributed by atoms with Crippen molar-refractivity contribution in [1.29, 1.82) is 0 Å². The first-order chi connectivity index (χ1) is 13.0. The molecule has 1 unspecified atom stereocenters. The summed E-state index contributed by atoms with van der Waals surface area (Å²) in [5.74, 6) is 0.0674. The van der Waals surface area contributed by atoms with Gasteiger partial charge in [-0.1, -0.05) is 40.2 Å². The van der Waals surface area contributed by atoms with Crippen molar-refractivity contribution in [2.75, 3.05) is 19.7 Å². The highest BCUT2D eigenvalue weighted by Gasteiger charge is 2.25. The number of hydrogen-bond donors (Lipinski definition) is 1. The molecule has 1 aliphatic heterocycles. The quantitative estimate of drug-likeness (QED) is 0.752. The number of nitrogens with zero attached hydrogens (tertiary/aromatic N) is 1. The van der Waals surface area contributed by atoms with Gasteiger partial charge in [0.15, 0.2) is 0 Å². The van der Waals surface area contributed by atoms with Gasteiger partial charge in [-0.3, -0.25) is 0 Å². The topological polar surface area (TPSA) is 50.8 Å². The second-order valence-electron chi connectivity index (χ2n) is 6.05. The van der Waals surface area contributed by atoms with Gasteiger partial charge in [0.2, 0.25) is 0 Å². The van der Waals surface area contributed by atoms with Gasteiger partial charge >= 0.3 is 12.6 Å². The van der Waals surface area contributed by atoms with Crippen molar-refractivity contribution in [3.8, 4) is 5.75 Å². The summed E-state index contributed by atoms with van der Waals surface area (Å²) in [5, 5.41) is 2.81. The predicted octanol–water partition coefficient (Wildman–Crippen LogP) is 4.33. The lowest BCUT2D eigenvalue weighted by atomic mass is 10.1. The maximum absolute atomic E-state index is 12.5. The summed E-state index contributed by atoms with van der Waals surface area (Å²) in [6.07, 6.45) is -0.190. The van der Waals surface area contributed by atoms with Gasteiger partial charge in [0.25, 0.3) is 0 Å². The van der Waals surface area contributed by atoms with E-state index in [-0.39, 0.29) is 24.4 Å². The van der Waals surface area contributed by atoms with E-state index in [1.807, 2.05) is 24.3 Å². The van der Waals surface area contributed by atoms with Gasteiger partial charge in [0.05, 0.1) is 13.2 Å². The molecule has 0 aromatic heterocycles. The first kappa shape index (κ1) is 19.6. The molecule has 1 heterocycles. The van der Waals surface area contributed by atoms with E-state index in [1.165, 1.54) is 12.1 Å². The number of morpholine rings is 1. The zero-order valence-electron chi connectivity index (χ0n) is 14.4. The minimum absolute atomic E-state index is 0.0674. The summed E-state index contributed by atoms with van der Waals surface area (Å²) in [6, 6.07) is 13.8. The van der Waals surface area contributed by atoms with Crippen LogP contribution in [0.2, 0.25) is 0 Å².